The SMILES string of the molecule is COc1ccccc1N1CCN(C(=O)c2sc(N(C)c3ccccc3)nc2C)CC1. The van der Waals surface area contributed by atoms with Gasteiger partial charge < -0.3 is 19.4 Å². The number of hydrogen-bond donors (Lipinski definition) is 0. The van der Waals surface area contributed by atoms with Gasteiger partial charge in [0.15, 0.2) is 5.13 Å². The average Bonchev–Trinajstić information content (AvgIpc) is 3.20. The number of rotatable bonds is 5. The Hall–Kier alpha value is -3.06. The molecule has 2 heterocycles. The smallest absolute Gasteiger partial charge is 0.266 e. The summed E-state index contributed by atoms with van der Waals surface area (Å²) in [6.45, 7) is 4.83. The topological polar surface area (TPSA) is 48.9 Å². The molecular weight excluding hydrogens is 396 g/mol. The Morgan fingerprint density at radius 2 is 1.70 bits per heavy atom. The van der Waals surface area contributed by atoms with Crippen LogP contribution in [0.2, 0.25) is 0 Å². The second-order valence-corrected chi connectivity index (χ2v) is 8.23. The average molecular weight is 423 g/mol. The maximum absolute atomic E-state index is 13.2. The van der Waals surface area contributed by atoms with Crippen molar-refractivity contribution in [3.8, 4) is 5.75 Å². The number of benzene rings is 2. The summed E-state index contributed by atoms with van der Waals surface area (Å²) in [6.07, 6.45) is 0. The minimum absolute atomic E-state index is 0.0670. The van der Waals surface area contributed by atoms with Crippen molar-refractivity contribution in [1.82, 2.24) is 9.88 Å². The number of amides is 1. The van der Waals surface area contributed by atoms with Crippen molar-refractivity contribution in [2.45, 2.75) is 6.92 Å². The fourth-order valence-corrected chi connectivity index (χ4v) is 4.69. The molecule has 1 saturated heterocycles. The highest BCUT2D eigenvalue weighted by molar-refractivity contribution is 7.17. The molecule has 0 saturated carbocycles. The third kappa shape index (κ3) is 3.98. The molecule has 0 aliphatic carbocycles. The predicted octanol–water partition coefficient (Wildman–Crippen LogP) is 4.19. The van der Waals surface area contributed by atoms with E-state index >= 15 is 0 Å². The van der Waals surface area contributed by atoms with Crippen molar-refractivity contribution < 1.29 is 9.53 Å². The minimum Gasteiger partial charge on any atom is -0.495 e. The molecule has 4 rings (SSSR count). The molecule has 1 amide bonds. The molecule has 0 spiro atoms. The van der Waals surface area contributed by atoms with Crippen LogP contribution in [0.1, 0.15) is 15.4 Å². The van der Waals surface area contributed by atoms with E-state index in [1.54, 1.807) is 7.11 Å². The van der Waals surface area contributed by atoms with Gasteiger partial charge in [0.25, 0.3) is 5.91 Å². The van der Waals surface area contributed by atoms with Gasteiger partial charge in [-0.2, -0.15) is 0 Å². The van der Waals surface area contributed by atoms with E-state index in [1.807, 2.05) is 72.3 Å². The molecule has 1 fully saturated rings. The molecular formula is C23H26N4O2S. The zero-order valence-electron chi connectivity index (χ0n) is 17.5. The number of piperazine rings is 1. The summed E-state index contributed by atoms with van der Waals surface area (Å²) in [7, 11) is 3.67. The van der Waals surface area contributed by atoms with E-state index < -0.39 is 0 Å². The predicted molar refractivity (Wildman–Crippen MR) is 122 cm³/mol. The summed E-state index contributed by atoms with van der Waals surface area (Å²) in [4.78, 5) is 24.8. The van der Waals surface area contributed by atoms with Gasteiger partial charge in [0.1, 0.15) is 10.6 Å². The summed E-state index contributed by atoms with van der Waals surface area (Å²) >= 11 is 1.46. The maximum Gasteiger partial charge on any atom is 0.266 e. The van der Waals surface area contributed by atoms with E-state index in [9.17, 15) is 4.79 Å². The van der Waals surface area contributed by atoms with Crippen LogP contribution in [0.15, 0.2) is 54.6 Å². The molecule has 7 heteroatoms. The number of aromatic nitrogens is 1. The van der Waals surface area contributed by atoms with Gasteiger partial charge in [-0.3, -0.25) is 4.79 Å². The third-order valence-corrected chi connectivity index (χ3v) is 6.62. The number of anilines is 3. The van der Waals surface area contributed by atoms with E-state index in [-0.39, 0.29) is 5.91 Å². The molecule has 0 radical (unpaired) electrons. The highest BCUT2D eigenvalue weighted by Gasteiger charge is 2.27. The largest absolute Gasteiger partial charge is 0.495 e. The zero-order valence-corrected chi connectivity index (χ0v) is 18.4. The van der Waals surface area contributed by atoms with Gasteiger partial charge in [-0.15, -0.1) is 0 Å². The number of thiazole rings is 1. The number of hydrogen-bond acceptors (Lipinski definition) is 6. The Morgan fingerprint density at radius 3 is 2.40 bits per heavy atom. The second-order valence-electron chi connectivity index (χ2n) is 7.26. The molecule has 2 aromatic carbocycles. The van der Waals surface area contributed by atoms with Gasteiger partial charge in [-0.1, -0.05) is 41.7 Å². The van der Waals surface area contributed by atoms with E-state index in [1.165, 1.54) is 11.3 Å². The van der Waals surface area contributed by atoms with Crippen LogP contribution >= 0.6 is 11.3 Å². The Bertz CT molecular complexity index is 1010. The van der Waals surface area contributed by atoms with Gasteiger partial charge in [-0.25, -0.2) is 4.98 Å². The van der Waals surface area contributed by atoms with Crippen molar-refractivity contribution in [2.75, 3.05) is 50.1 Å². The molecule has 0 N–H and O–H groups in total. The van der Waals surface area contributed by atoms with Crippen molar-refractivity contribution in [1.29, 1.82) is 0 Å². The quantitative estimate of drug-likeness (QED) is 0.617. The molecule has 1 aliphatic rings. The minimum atomic E-state index is 0.0670. The number of ether oxygens (including phenoxy) is 1. The Balaban J connectivity index is 1.45. The molecule has 156 valence electrons. The van der Waals surface area contributed by atoms with Crippen molar-refractivity contribution in [3.63, 3.8) is 0 Å². The first-order valence-electron chi connectivity index (χ1n) is 10.0. The van der Waals surface area contributed by atoms with Crippen LogP contribution in [0.3, 0.4) is 0 Å². The first kappa shape index (κ1) is 20.2. The van der Waals surface area contributed by atoms with Crippen LogP contribution in [-0.4, -0.2) is 56.1 Å². The van der Waals surface area contributed by atoms with Crippen LogP contribution in [0.4, 0.5) is 16.5 Å². The fraction of sp³-hybridized carbons (Fsp3) is 0.304. The van der Waals surface area contributed by atoms with Gasteiger partial charge >= 0.3 is 0 Å². The Morgan fingerprint density at radius 1 is 1.03 bits per heavy atom. The summed E-state index contributed by atoms with van der Waals surface area (Å²) in [6, 6.07) is 18.1. The molecule has 0 unspecified atom stereocenters. The highest BCUT2D eigenvalue weighted by atomic mass is 32.1. The molecule has 3 aromatic rings. The lowest BCUT2D eigenvalue weighted by Crippen LogP contribution is -2.48. The Labute approximate surface area is 181 Å². The lowest BCUT2D eigenvalue weighted by atomic mass is 10.2. The van der Waals surface area contributed by atoms with Crippen molar-refractivity contribution in [2.24, 2.45) is 0 Å². The zero-order chi connectivity index (χ0) is 21.1. The number of aryl methyl sites for hydroxylation is 1. The normalized spacial score (nSPS) is 14.0. The summed E-state index contributed by atoms with van der Waals surface area (Å²) < 4.78 is 5.49. The van der Waals surface area contributed by atoms with Gasteiger partial charge in [0, 0.05) is 38.9 Å². The maximum atomic E-state index is 13.2. The number of carbonyl (C=O) groups is 1. The summed E-state index contributed by atoms with van der Waals surface area (Å²) in [5.41, 5.74) is 2.92. The second kappa shape index (κ2) is 8.75. The van der Waals surface area contributed by atoms with Crippen LogP contribution in [0.5, 0.6) is 5.75 Å². The first-order chi connectivity index (χ1) is 14.6. The molecule has 6 nitrogen and oxygen atoms in total. The van der Waals surface area contributed by atoms with Crippen LogP contribution in [0, 0.1) is 6.92 Å². The molecule has 0 atom stereocenters. The van der Waals surface area contributed by atoms with Gasteiger partial charge in [0.2, 0.25) is 0 Å². The fourth-order valence-electron chi connectivity index (χ4n) is 3.67. The monoisotopic (exact) mass is 422 g/mol. The molecule has 1 aromatic heterocycles. The van der Waals surface area contributed by atoms with E-state index in [0.29, 0.717) is 13.1 Å². The lowest BCUT2D eigenvalue weighted by molar-refractivity contribution is 0.0750. The first-order valence-corrected chi connectivity index (χ1v) is 10.8. The summed E-state index contributed by atoms with van der Waals surface area (Å²) in [5, 5.41) is 0.828. The van der Waals surface area contributed by atoms with Crippen molar-refractivity contribution >= 4 is 33.8 Å². The van der Waals surface area contributed by atoms with Gasteiger partial charge in [0.05, 0.1) is 18.5 Å². The highest BCUT2D eigenvalue weighted by Crippen LogP contribution is 2.32. The number of carbonyl (C=O) groups excluding carboxylic acids is 1. The van der Waals surface area contributed by atoms with E-state index in [0.717, 1.165) is 45.9 Å². The number of para-hydroxylation sites is 3. The Kier molecular flexibility index (Phi) is 5.90. The van der Waals surface area contributed by atoms with Gasteiger partial charge in [-0.05, 0) is 31.2 Å². The van der Waals surface area contributed by atoms with Crippen molar-refractivity contribution in [3.05, 3.63) is 65.2 Å². The molecule has 0 bridgehead atoms. The lowest BCUT2D eigenvalue weighted by Gasteiger charge is -2.36. The number of methoxy groups -OCH3 is 1. The van der Waals surface area contributed by atoms with Crippen LogP contribution in [0.25, 0.3) is 0 Å². The van der Waals surface area contributed by atoms with Crippen LogP contribution < -0.4 is 14.5 Å². The number of nitrogens with zero attached hydrogens (tertiary/aromatic N) is 4. The molecule has 30 heavy (non-hydrogen) atoms. The van der Waals surface area contributed by atoms with E-state index in [2.05, 4.69) is 16.0 Å². The third-order valence-electron chi connectivity index (χ3n) is 5.40. The standard InChI is InChI=1S/C23H26N4O2S/c1-17-21(30-23(24-17)25(2)18-9-5-4-6-10-18)22(28)27-15-13-26(14-16-27)19-11-7-8-12-20(19)29-3/h4-12H,13-16H2,1-3H3. The van der Waals surface area contributed by atoms with E-state index in [4.69, 9.17) is 4.74 Å². The molecule has 1 aliphatic heterocycles. The van der Waals surface area contributed by atoms with Crippen LogP contribution in [-0.2, 0) is 0 Å². The summed E-state index contributed by atoms with van der Waals surface area (Å²) in [5.74, 6) is 0.932.